The summed E-state index contributed by atoms with van der Waals surface area (Å²) in [6.07, 6.45) is 6.36. The maximum atomic E-state index is 14.0. The summed E-state index contributed by atoms with van der Waals surface area (Å²) in [6.45, 7) is 1.00. The van der Waals surface area contributed by atoms with Crippen LogP contribution in [-0.4, -0.2) is 47.6 Å². The number of rotatable bonds is 6. The molecule has 1 saturated heterocycles. The molecule has 8 heteroatoms. The molecule has 1 aliphatic carbocycles. The minimum Gasteiger partial charge on any atom is -0.335 e. The van der Waals surface area contributed by atoms with Gasteiger partial charge in [-0.3, -0.25) is 9.78 Å². The first-order chi connectivity index (χ1) is 14.0. The Morgan fingerprint density at radius 2 is 1.72 bits per heavy atom. The van der Waals surface area contributed by atoms with E-state index in [9.17, 15) is 17.6 Å². The minimum absolute atomic E-state index is 0.0900. The summed E-state index contributed by atoms with van der Waals surface area (Å²) in [5, 5.41) is 0. The molecule has 0 spiro atoms. The average Bonchev–Trinajstić information content (AvgIpc) is 3.58. The van der Waals surface area contributed by atoms with Gasteiger partial charge in [-0.05, 0) is 55.5 Å². The van der Waals surface area contributed by atoms with Crippen molar-refractivity contribution < 1.29 is 17.6 Å². The lowest BCUT2D eigenvalue weighted by Crippen LogP contribution is -2.45. The molecular formula is C21H24FN3O3S. The van der Waals surface area contributed by atoms with E-state index >= 15 is 0 Å². The van der Waals surface area contributed by atoms with Crippen molar-refractivity contribution >= 4 is 15.9 Å². The summed E-state index contributed by atoms with van der Waals surface area (Å²) in [5.74, 6) is -0.861. The van der Waals surface area contributed by atoms with Gasteiger partial charge in [-0.2, -0.15) is 4.31 Å². The number of hydrogen-bond donors (Lipinski definition) is 0. The molecular weight excluding hydrogens is 393 g/mol. The lowest BCUT2D eigenvalue weighted by Gasteiger charge is -2.34. The molecule has 154 valence electrons. The summed E-state index contributed by atoms with van der Waals surface area (Å²) < 4.78 is 40.8. The van der Waals surface area contributed by atoms with E-state index in [1.54, 1.807) is 12.4 Å². The molecule has 29 heavy (non-hydrogen) atoms. The number of carbonyl (C=O) groups excluding carboxylic acids is 1. The average molecular weight is 418 g/mol. The summed E-state index contributed by atoms with van der Waals surface area (Å²) in [6, 6.07) is 9.50. The van der Waals surface area contributed by atoms with Crippen molar-refractivity contribution in [3.63, 3.8) is 0 Å². The molecule has 2 aromatic rings. The smallest absolute Gasteiger partial charge is 0.245 e. The molecule has 1 aromatic heterocycles. The SMILES string of the molecule is O=C(C1CCN(S(=O)(=O)c2ccccc2F)CC1)N(Cc1ccncc1)C1CC1. The number of aromatic nitrogens is 1. The van der Waals surface area contributed by atoms with Crippen LogP contribution in [0.2, 0.25) is 0 Å². The van der Waals surface area contributed by atoms with Gasteiger partial charge in [0.05, 0.1) is 0 Å². The third kappa shape index (κ3) is 4.33. The molecule has 1 amide bonds. The number of pyridine rings is 1. The van der Waals surface area contributed by atoms with Crippen molar-refractivity contribution in [2.45, 2.75) is 43.2 Å². The van der Waals surface area contributed by atoms with Crippen molar-refractivity contribution in [1.82, 2.24) is 14.2 Å². The molecule has 1 saturated carbocycles. The fourth-order valence-electron chi connectivity index (χ4n) is 3.83. The van der Waals surface area contributed by atoms with E-state index in [1.165, 1.54) is 22.5 Å². The van der Waals surface area contributed by atoms with Gasteiger partial charge in [0.2, 0.25) is 15.9 Å². The predicted molar refractivity (Wildman–Crippen MR) is 106 cm³/mol. The number of carbonyl (C=O) groups is 1. The molecule has 2 aliphatic rings. The molecule has 1 aliphatic heterocycles. The number of piperidine rings is 1. The Morgan fingerprint density at radius 3 is 2.34 bits per heavy atom. The molecule has 0 radical (unpaired) electrons. The molecule has 0 bridgehead atoms. The zero-order valence-electron chi connectivity index (χ0n) is 16.1. The minimum atomic E-state index is -3.89. The van der Waals surface area contributed by atoms with Gasteiger partial charge in [-0.25, -0.2) is 12.8 Å². The van der Waals surface area contributed by atoms with Gasteiger partial charge < -0.3 is 4.90 Å². The Bertz CT molecular complexity index is 972. The number of benzene rings is 1. The molecule has 6 nitrogen and oxygen atoms in total. The van der Waals surface area contributed by atoms with Crippen molar-refractivity contribution in [1.29, 1.82) is 0 Å². The second kappa shape index (κ2) is 8.20. The lowest BCUT2D eigenvalue weighted by molar-refractivity contribution is -0.138. The van der Waals surface area contributed by atoms with Gasteiger partial charge in [0.15, 0.2) is 0 Å². The third-order valence-corrected chi connectivity index (χ3v) is 7.56. The van der Waals surface area contributed by atoms with Crippen molar-refractivity contribution in [3.05, 3.63) is 60.2 Å². The van der Waals surface area contributed by atoms with Crippen LogP contribution in [0, 0.1) is 11.7 Å². The van der Waals surface area contributed by atoms with Crippen LogP contribution in [0.5, 0.6) is 0 Å². The topological polar surface area (TPSA) is 70.6 Å². The van der Waals surface area contributed by atoms with Gasteiger partial charge in [-0.15, -0.1) is 0 Å². The number of amides is 1. The largest absolute Gasteiger partial charge is 0.335 e. The predicted octanol–water partition coefficient (Wildman–Crippen LogP) is 2.81. The maximum Gasteiger partial charge on any atom is 0.245 e. The fraction of sp³-hybridized carbons (Fsp3) is 0.429. The Kier molecular flexibility index (Phi) is 5.65. The first-order valence-electron chi connectivity index (χ1n) is 9.91. The Balaban J connectivity index is 1.42. The lowest BCUT2D eigenvalue weighted by atomic mass is 9.96. The number of nitrogens with zero attached hydrogens (tertiary/aromatic N) is 3. The molecule has 2 fully saturated rings. The van der Waals surface area contributed by atoms with Crippen LogP contribution < -0.4 is 0 Å². The van der Waals surface area contributed by atoms with Crippen molar-refractivity contribution in [2.24, 2.45) is 5.92 Å². The van der Waals surface area contributed by atoms with E-state index in [4.69, 9.17) is 0 Å². The van der Waals surface area contributed by atoms with E-state index in [0.29, 0.717) is 19.4 Å². The van der Waals surface area contributed by atoms with Crippen LogP contribution in [0.15, 0.2) is 53.7 Å². The van der Waals surface area contributed by atoms with E-state index in [-0.39, 0.29) is 35.9 Å². The summed E-state index contributed by atoms with van der Waals surface area (Å²) >= 11 is 0. The highest BCUT2D eigenvalue weighted by Gasteiger charge is 2.39. The van der Waals surface area contributed by atoms with Crippen LogP contribution in [0.3, 0.4) is 0 Å². The second-order valence-electron chi connectivity index (χ2n) is 7.66. The van der Waals surface area contributed by atoms with Crippen LogP contribution in [0.4, 0.5) is 4.39 Å². The molecule has 0 unspecified atom stereocenters. The molecule has 0 atom stereocenters. The standard InChI is InChI=1S/C21H24FN3O3S/c22-19-3-1-2-4-20(19)29(27,28)24-13-9-17(10-14-24)21(26)25(18-5-6-18)15-16-7-11-23-12-8-16/h1-4,7-8,11-12,17-18H,5-6,9-10,13-15H2. The number of hydrogen-bond acceptors (Lipinski definition) is 4. The fourth-order valence-corrected chi connectivity index (χ4v) is 5.36. The normalized spacial score (nSPS) is 18.5. The summed E-state index contributed by atoms with van der Waals surface area (Å²) in [5.41, 5.74) is 1.04. The maximum absolute atomic E-state index is 14.0. The quantitative estimate of drug-likeness (QED) is 0.725. The third-order valence-electron chi connectivity index (χ3n) is 5.63. The van der Waals surface area contributed by atoms with Crippen LogP contribution in [0.25, 0.3) is 0 Å². The first-order valence-corrected chi connectivity index (χ1v) is 11.3. The molecule has 1 aromatic carbocycles. The zero-order valence-corrected chi connectivity index (χ0v) is 16.9. The van der Waals surface area contributed by atoms with Crippen molar-refractivity contribution in [2.75, 3.05) is 13.1 Å². The van der Waals surface area contributed by atoms with Crippen molar-refractivity contribution in [3.8, 4) is 0 Å². The highest BCUT2D eigenvalue weighted by molar-refractivity contribution is 7.89. The van der Waals surface area contributed by atoms with E-state index < -0.39 is 15.8 Å². The highest BCUT2D eigenvalue weighted by Crippen LogP contribution is 2.32. The van der Waals surface area contributed by atoms with Gasteiger partial charge in [0.25, 0.3) is 0 Å². The van der Waals surface area contributed by atoms with E-state index in [0.717, 1.165) is 24.5 Å². The highest BCUT2D eigenvalue weighted by atomic mass is 32.2. The number of sulfonamides is 1. The first kappa shape index (κ1) is 20.0. The molecule has 4 rings (SSSR count). The van der Waals surface area contributed by atoms with Crippen LogP contribution >= 0.6 is 0 Å². The molecule has 2 heterocycles. The summed E-state index contributed by atoms with van der Waals surface area (Å²) in [4.78, 5) is 18.8. The van der Waals surface area contributed by atoms with Gasteiger partial charge in [0, 0.05) is 44.0 Å². The van der Waals surface area contributed by atoms with Gasteiger partial charge >= 0.3 is 0 Å². The second-order valence-corrected chi connectivity index (χ2v) is 9.57. The van der Waals surface area contributed by atoms with E-state index in [2.05, 4.69) is 4.98 Å². The zero-order chi connectivity index (χ0) is 20.4. The number of halogens is 1. The Morgan fingerprint density at radius 1 is 1.07 bits per heavy atom. The van der Waals surface area contributed by atoms with Crippen LogP contribution in [0.1, 0.15) is 31.2 Å². The van der Waals surface area contributed by atoms with E-state index in [1.807, 2.05) is 17.0 Å². The molecule has 0 N–H and O–H groups in total. The Labute approximate surface area is 170 Å². The van der Waals surface area contributed by atoms with Gasteiger partial charge in [0.1, 0.15) is 10.7 Å². The Hall–Kier alpha value is -2.32. The van der Waals surface area contributed by atoms with Crippen LogP contribution in [-0.2, 0) is 21.4 Å². The van der Waals surface area contributed by atoms with Gasteiger partial charge in [-0.1, -0.05) is 12.1 Å². The monoisotopic (exact) mass is 417 g/mol. The summed E-state index contributed by atoms with van der Waals surface area (Å²) in [7, 11) is -3.89.